The third-order valence-corrected chi connectivity index (χ3v) is 3.12. The lowest BCUT2D eigenvalue weighted by molar-refractivity contribution is -0.907. The van der Waals surface area contributed by atoms with Gasteiger partial charge in [0.2, 0.25) is 0 Å². The number of amides is 1. The minimum absolute atomic E-state index is 0.122. The monoisotopic (exact) mass is 257 g/mol. The molecule has 0 atom stereocenters. The van der Waals surface area contributed by atoms with Crippen LogP contribution >= 0.6 is 0 Å². The number of hydrogen-bond donors (Lipinski definition) is 1. The lowest BCUT2D eigenvalue weighted by atomic mass is 10.1. The Balaban J connectivity index is 2.73. The Morgan fingerprint density at radius 1 is 1.22 bits per heavy atom. The van der Waals surface area contributed by atoms with Gasteiger partial charge in [-0.05, 0) is 46.0 Å². The highest BCUT2D eigenvalue weighted by molar-refractivity contribution is 5.60. The number of nitrogens with zero attached hydrogens (tertiary/aromatic N) is 1. The number of ether oxygens (including phenoxy) is 1. The van der Waals surface area contributed by atoms with Crippen LogP contribution < -0.4 is 5.43 Å². The van der Waals surface area contributed by atoms with Crippen molar-refractivity contribution in [2.75, 3.05) is 19.6 Å². The van der Waals surface area contributed by atoms with Gasteiger partial charge in [0.15, 0.2) is 0 Å². The van der Waals surface area contributed by atoms with Crippen LogP contribution in [0, 0.1) is 5.92 Å². The van der Waals surface area contributed by atoms with Crippen molar-refractivity contribution in [2.45, 2.75) is 59.5 Å². The van der Waals surface area contributed by atoms with Crippen LogP contribution in [0.5, 0.6) is 0 Å². The zero-order valence-electron chi connectivity index (χ0n) is 12.6. The predicted octanol–water partition coefficient (Wildman–Crippen LogP) is 3.08. The Morgan fingerprint density at radius 2 is 1.78 bits per heavy atom. The predicted molar refractivity (Wildman–Crippen MR) is 72.9 cm³/mol. The Labute approximate surface area is 111 Å². The van der Waals surface area contributed by atoms with Gasteiger partial charge in [-0.3, -0.25) is 0 Å². The van der Waals surface area contributed by atoms with Crippen LogP contribution in [0.4, 0.5) is 4.79 Å². The van der Waals surface area contributed by atoms with Gasteiger partial charge in [-0.1, -0.05) is 13.8 Å². The van der Waals surface area contributed by atoms with E-state index in [1.54, 1.807) is 0 Å². The summed E-state index contributed by atoms with van der Waals surface area (Å²) in [6, 6.07) is 0. The molecule has 4 heteroatoms. The van der Waals surface area contributed by atoms with Gasteiger partial charge in [0, 0.05) is 6.54 Å². The zero-order valence-corrected chi connectivity index (χ0v) is 12.6. The summed E-state index contributed by atoms with van der Waals surface area (Å²) in [5, 5.41) is 0. The lowest BCUT2D eigenvalue weighted by Crippen LogP contribution is -2.65. The first kappa shape index (κ1) is 15.4. The molecular weight excluding hydrogens is 228 g/mol. The van der Waals surface area contributed by atoms with E-state index in [0.717, 1.165) is 32.5 Å². The van der Waals surface area contributed by atoms with Gasteiger partial charge in [-0.15, -0.1) is 4.59 Å². The average molecular weight is 257 g/mol. The number of rotatable bonds is 3. The molecule has 0 aliphatic carbocycles. The minimum atomic E-state index is -0.417. The number of nitrogens with one attached hydrogen (secondary N) is 1. The highest BCUT2D eigenvalue weighted by Crippen LogP contribution is 2.21. The van der Waals surface area contributed by atoms with Crippen molar-refractivity contribution in [3.05, 3.63) is 0 Å². The molecule has 0 aromatic heterocycles. The van der Waals surface area contributed by atoms with Gasteiger partial charge >= 0.3 is 6.09 Å². The summed E-state index contributed by atoms with van der Waals surface area (Å²) >= 11 is 0. The summed E-state index contributed by atoms with van der Waals surface area (Å²) in [5.74, 6) is 0.532. The topological polar surface area (TPSA) is 38.3 Å². The first-order chi connectivity index (χ1) is 8.25. The van der Waals surface area contributed by atoms with Crippen LogP contribution in [0.25, 0.3) is 0 Å². The van der Waals surface area contributed by atoms with Gasteiger partial charge in [0.25, 0.3) is 0 Å². The van der Waals surface area contributed by atoms with Gasteiger partial charge in [0.05, 0.1) is 0 Å². The van der Waals surface area contributed by atoms with Gasteiger partial charge in [-0.2, -0.15) is 10.2 Å². The van der Waals surface area contributed by atoms with E-state index in [-0.39, 0.29) is 6.09 Å². The van der Waals surface area contributed by atoms with Gasteiger partial charge in [-0.25, -0.2) is 0 Å². The number of carbonyl (C=O) groups excluding carboxylic acids is 1. The van der Waals surface area contributed by atoms with Crippen LogP contribution in [0.1, 0.15) is 53.9 Å². The van der Waals surface area contributed by atoms with Gasteiger partial charge < -0.3 is 4.74 Å². The van der Waals surface area contributed by atoms with E-state index >= 15 is 0 Å². The lowest BCUT2D eigenvalue weighted by Gasteiger charge is -2.38. The number of quaternary nitrogens is 1. The molecule has 1 N–H and O–H groups in total. The van der Waals surface area contributed by atoms with Gasteiger partial charge in [0.1, 0.15) is 18.7 Å². The molecule has 4 nitrogen and oxygen atoms in total. The van der Waals surface area contributed by atoms with Crippen molar-refractivity contribution in [3.8, 4) is 0 Å². The molecule has 1 aliphatic rings. The zero-order chi connectivity index (χ0) is 13.8. The number of carbonyl (C=O) groups is 1. The second-order valence-electron chi connectivity index (χ2n) is 6.71. The molecule has 0 unspecified atom stereocenters. The fraction of sp³-hybridized carbons (Fsp3) is 0.929. The highest BCUT2D eigenvalue weighted by atomic mass is 16.6. The van der Waals surface area contributed by atoms with E-state index in [4.69, 9.17) is 4.74 Å². The molecule has 1 heterocycles. The molecule has 0 aromatic carbocycles. The van der Waals surface area contributed by atoms with E-state index in [1.807, 2.05) is 20.8 Å². The molecule has 0 saturated carbocycles. The van der Waals surface area contributed by atoms with Crippen LogP contribution in [0.2, 0.25) is 0 Å². The van der Waals surface area contributed by atoms with E-state index < -0.39 is 5.60 Å². The molecule has 1 amide bonds. The summed E-state index contributed by atoms with van der Waals surface area (Å²) in [4.78, 5) is 12.4. The van der Waals surface area contributed by atoms with E-state index in [9.17, 15) is 4.79 Å². The SMILES string of the molecule is CC(C)CN[N+]1(C(=O)OC(C)(C)C)CCCCC1. The minimum Gasteiger partial charge on any atom is -0.413 e. The molecule has 0 bridgehead atoms. The summed E-state index contributed by atoms with van der Waals surface area (Å²) in [7, 11) is 0. The van der Waals surface area contributed by atoms with Crippen molar-refractivity contribution in [3.63, 3.8) is 0 Å². The summed E-state index contributed by atoms with van der Waals surface area (Å²) < 4.78 is 5.88. The molecule has 18 heavy (non-hydrogen) atoms. The molecule has 0 radical (unpaired) electrons. The standard InChI is InChI=1S/C14H29N2O2/c1-12(2)11-15-16(9-7-6-8-10-16)13(17)18-14(3,4)5/h12,15H,6-11H2,1-5H3/q+1. The Kier molecular flexibility index (Phi) is 5.17. The molecule has 106 valence electrons. The van der Waals surface area contributed by atoms with Crippen LogP contribution in [-0.2, 0) is 4.74 Å². The van der Waals surface area contributed by atoms with Crippen molar-refractivity contribution in [1.29, 1.82) is 0 Å². The first-order valence-electron chi connectivity index (χ1n) is 7.11. The smallest absolute Gasteiger partial charge is 0.413 e. The third-order valence-electron chi connectivity index (χ3n) is 3.12. The maximum absolute atomic E-state index is 12.4. The highest BCUT2D eigenvalue weighted by Gasteiger charge is 2.42. The molecule has 1 fully saturated rings. The molecule has 1 saturated heterocycles. The van der Waals surface area contributed by atoms with Crippen molar-refractivity contribution in [2.24, 2.45) is 5.92 Å². The maximum atomic E-state index is 12.4. The fourth-order valence-electron chi connectivity index (χ4n) is 2.16. The molecule has 1 aliphatic heterocycles. The number of hydrogen-bond acceptors (Lipinski definition) is 3. The molecule has 0 spiro atoms. The molecule has 1 rings (SSSR count). The average Bonchev–Trinajstić information content (AvgIpc) is 2.25. The van der Waals surface area contributed by atoms with E-state index in [1.165, 1.54) is 6.42 Å². The summed E-state index contributed by atoms with van der Waals surface area (Å²) in [5.41, 5.74) is 3.00. The van der Waals surface area contributed by atoms with E-state index in [2.05, 4.69) is 19.3 Å². The Bertz CT molecular complexity index is 276. The third kappa shape index (κ3) is 4.58. The van der Waals surface area contributed by atoms with Crippen molar-refractivity contribution in [1.82, 2.24) is 5.43 Å². The summed E-state index contributed by atoms with van der Waals surface area (Å²) in [6.45, 7) is 12.6. The largest absolute Gasteiger partial charge is 0.536 e. The maximum Gasteiger partial charge on any atom is 0.536 e. The second kappa shape index (κ2) is 6.02. The van der Waals surface area contributed by atoms with E-state index in [0.29, 0.717) is 10.5 Å². The normalized spacial score (nSPS) is 19.9. The Morgan fingerprint density at radius 3 is 2.22 bits per heavy atom. The molecular formula is C14H29N2O2+. The fourth-order valence-corrected chi connectivity index (χ4v) is 2.16. The van der Waals surface area contributed by atoms with Crippen LogP contribution in [-0.4, -0.2) is 35.9 Å². The van der Waals surface area contributed by atoms with Crippen LogP contribution in [0.3, 0.4) is 0 Å². The quantitative estimate of drug-likeness (QED) is 0.790. The second-order valence-corrected chi connectivity index (χ2v) is 6.71. The number of piperidine rings is 1. The van der Waals surface area contributed by atoms with Crippen LogP contribution in [0.15, 0.2) is 0 Å². The first-order valence-corrected chi connectivity index (χ1v) is 7.11. The Hall–Kier alpha value is -0.610. The van der Waals surface area contributed by atoms with Crippen molar-refractivity contribution < 1.29 is 14.1 Å². The number of likely N-dealkylation sites (tertiary alicyclic amines) is 1. The summed E-state index contributed by atoms with van der Waals surface area (Å²) in [6.07, 6.45) is 3.27. The van der Waals surface area contributed by atoms with Crippen molar-refractivity contribution >= 4 is 6.09 Å². The molecule has 0 aromatic rings.